The standard InChI is InChI=1S/C29H21F2N3O4S2/c1-15-2-12-20(13-3-15)34-26(36)23-22(16-4-6-17(30)7-5-16)25-28(39-24(23)27(34)37)33(29(38)40-25)14-21(35)32-19-10-8-18(31)9-11-19/h2-13,22-24H,14H2,1H3,(H,32,35)/t22-,23?,24?/m1/s1. The van der Waals surface area contributed by atoms with E-state index in [0.717, 1.165) is 28.7 Å². The molecule has 3 amide bonds. The number of aromatic nitrogens is 1. The van der Waals surface area contributed by atoms with Crippen molar-refractivity contribution in [2.24, 2.45) is 5.92 Å². The summed E-state index contributed by atoms with van der Waals surface area (Å²) in [7, 11) is 0. The van der Waals surface area contributed by atoms with Crippen LogP contribution in [0.4, 0.5) is 20.2 Å². The lowest BCUT2D eigenvalue weighted by molar-refractivity contribution is -0.122. The molecule has 0 saturated carbocycles. The molecule has 2 aliphatic rings. The number of thioether (sulfide) groups is 1. The van der Waals surface area contributed by atoms with Crippen LogP contribution in [0.3, 0.4) is 0 Å². The van der Waals surface area contributed by atoms with Crippen LogP contribution < -0.4 is 15.1 Å². The highest BCUT2D eigenvalue weighted by Crippen LogP contribution is 2.53. The molecule has 0 radical (unpaired) electrons. The number of carbonyl (C=O) groups is 3. The van der Waals surface area contributed by atoms with E-state index in [-0.39, 0.29) is 6.54 Å². The monoisotopic (exact) mass is 577 g/mol. The summed E-state index contributed by atoms with van der Waals surface area (Å²) < 4.78 is 28.4. The lowest BCUT2D eigenvalue weighted by Crippen LogP contribution is -2.33. The number of hydrogen-bond acceptors (Lipinski definition) is 6. The van der Waals surface area contributed by atoms with Crippen molar-refractivity contribution in [3.63, 3.8) is 0 Å². The molecule has 3 aromatic carbocycles. The largest absolute Gasteiger partial charge is 0.325 e. The van der Waals surface area contributed by atoms with Crippen molar-refractivity contribution in [2.75, 3.05) is 10.2 Å². The Morgan fingerprint density at radius 2 is 1.50 bits per heavy atom. The van der Waals surface area contributed by atoms with Crippen molar-refractivity contribution in [3.8, 4) is 0 Å². The van der Waals surface area contributed by atoms with Gasteiger partial charge < -0.3 is 5.32 Å². The van der Waals surface area contributed by atoms with Crippen molar-refractivity contribution < 1.29 is 23.2 Å². The first-order chi connectivity index (χ1) is 19.2. The topological polar surface area (TPSA) is 88.5 Å². The van der Waals surface area contributed by atoms with Crippen LogP contribution >= 0.6 is 23.1 Å². The number of aryl methyl sites for hydroxylation is 1. The van der Waals surface area contributed by atoms with Gasteiger partial charge in [0.25, 0.3) is 0 Å². The molecule has 1 saturated heterocycles. The van der Waals surface area contributed by atoms with Crippen molar-refractivity contribution in [2.45, 2.75) is 29.7 Å². The Balaban J connectivity index is 1.40. The van der Waals surface area contributed by atoms with Gasteiger partial charge in [0, 0.05) is 16.5 Å². The number of fused-ring (bicyclic) bond motifs is 2. The van der Waals surface area contributed by atoms with E-state index in [1.807, 2.05) is 19.1 Å². The number of hydrogen-bond donors (Lipinski definition) is 1. The van der Waals surface area contributed by atoms with Gasteiger partial charge in [-0.3, -0.25) is 23.7 Å². The van der Waals surface area contributed by atoms with Crippen molar-refractivity contribution in [1.82, 2.24) is 4.57 Å². The summed E-state index contributed by atoms with van der Waals surface area (Å²) in [6, 6.07) is 18.0. The summed E-state index contributed by atoms with van der Waals surface area (Å²) in [6.07, 6.45) is 0. The predicted molar refractivity (Wildman–Crippen MR) is 149 cm³/mol. The summed E-state index contributed by atoms with van der Waals surface area (Å²) in [5.74, 6) is -3.73. The minimum atomic E-state index is -0.850. The lowest BCUT2D eigenvalue weighted by atomic mass is 9.83. The number of anilines is 2. The van der Waals surface area contributed by atoms with Crippen LogP contribution in [0, 0.1) is 24.5 Å². The number of halogens is 2. The van der Waals surface area contributed by atoms with Crippen LogP contribution in [0.15, 0.2) is 82.6 Å². The normalized spacial score (nSPS) is 19.9. The molecule has 202 valence electrons. The van der Waals surface area contributed by atoms with Gasteiger partial charge in [-0.25, -0.2) is 13.7 Å². The van der Waals surface area contributed by atoms with E-state index < -0.39 is 51.3 Å². The van der Waals surface area contributed by atoms with Crippen molar-refractivity contribution in [1.29, 1.82) is 0 Å². The maximum Gasteiger partial charge on any atom is 0.308 e. The summed E-state index contributed by atoms with van der Waals surface area (Å²) >= 11 is 2.00. The maximum atomic E-state index is 13.8. The van der Waals surface area contributed by atoms with Gasteiger partial charge in [-0.1, -0.05) is 52.9 Å². The third-order valence-corrected chi connectivity index (χ3v) is 9.60. The van der Waals surface area contributed by atoms with Gasteiger partial charge in [-0.15, -0.1) is 0 Å². The SMILES string of the molecule is Cc1ccc(N2C(=O)C3Sc4c(sc(=O)n4CC(=O)Nc4ccc(F)cc4)[C@H](c4ccc(F)cc4)C3C2=O)cc1. The van der Waals surface area contributed by atoms with Crippen molar-refractivity contribution in [3.05, 3.63) is 110 Å². The zero-order valence-corrected chi connectivity index (χ0v) is 22.6. The average molecular weight is 578 g/mol. The van der Waals surface area contributed by atoms with Gasteiger partial charge in [0.2, 0.25) is 17.7 Å². The first-order valence-corrected chi connectivity index (χ1v) is 14.1. The van der Waals surface area contributed by atoms with Gasteiger partial charge in [0.15, 0.2) is 0 Å². The summed E-state index contributed by atoms with van der Waals surface area (Å²) in [5, 5.41) is 2.22. The molecule has 3 atom stereocenters. The molecule has 2 unspecified atom stereocenters. The molecule has 0 spiro atoms. The first kappa shape index (κ1) is 26.1. The van der Waals surface area contributed by atoms with E-state index in [9.17, 15) is 28.0 Å². The number of thiazole rings is 1. The second-order valence-electron chi connectivity index (χ2n) is 9.62. The van der Waals surface area contributed by atoms with Crippen molar-refractivity contribution >= 4 is 52.2 Å². The van der Waals surface area contributed by atoms with Crippen LogP contribution in [0.25, 0.3) is 0 Å². The fourth-order valence-electron chi connectivity index (χ4n) is 5.11. The molecule has 0 aliphatic carbocycles. The molecule has 0 bridgehead atoms. The lowest BCUT2D eigenvalue weighted by Gasteiger charge is -2.30. The average Bonchev–Trinajstić information content (AvgIpc) is 3.37. The Morgan fingerprint density at radius 1 is 0.875 bits per heavy atom. The van der Waals surface area contributed by atoms with E-state index >= 15 is 0 Å². The zero-order valence-electron chi connectivity index (χ0n) is 21.0. The Kier molecular flexibility index (Phi) is 6.63. The number of nitrogens with zero attached hydrogens (tertiary/aromatic N) is 2. The van der Waals surface area contributed by atoms with Gasteiger partial charge >= 0.3 is 4.87 Å². The number of carbonyl (C=O) groups excluding carboxylic acids is 3. The van der Waals surface area contributed by atoms with Crippen LogP contribution in [-0.4, -0.2) is 27.5 Å². The number of imide groups is 1. The highest BCUT2D eigenvalue weighted by atomic mass is 32.2. The predicted octanol–water partition coefficient (Wildman–Crippen LogP) is 4.93. The zero-order chi connectivity index (χ0) is 28.1. The number of amides is 3. The van der Waals surface area contributed by atoms with Gasteiger partial charge in [0.1, 0.15) is 23.4 Å². The molecule has 1 aromatic heterocycles. The molecule has 11 heteroatoms. The smallest absolute Gasteiger partial charge is 0.308 e. The second-order valence-corrected chi connectivity index (χ2v) is 11.7. The maximum absolute atomic E-state index is 13.8. The molecule has 3 heterocycles. The fourth-order valence-corrected chi connectivity index (χ4v) is 7.88. The summed E-state index contributed by atoms with van der Waals surface area (Å²) in [4.78, 5) is 54.9. The van der Waals surface area contributed by atoms with Crippen LogP contribution in [0.2, 0.25) is 0 Å². The number of nitrogens with one attached hydrogen (secondary N) is 1. The number of benzene rings is 3. The number of rotatable bonds is 5. The molecule has 4 aromatic rings. The minimum Gasteiger partial charge on any atom is -0.325 e. The van der Waals surface area contributed by atoms with E-state index in [2.05, 4.69) is 5.32 Å². The fraction of sp³-hybridized carbons (Fsp3) is 0.172. The molecule has 1 fully saturated rings. The van der Waals surface area contributed by atoms with Crippen LogP contribution in [-0.2, 0) is 20.9 Å². The van der Waals surface area contributed by atoms with Gasteiger partial charge in [0.05, 0.1) is 16.6 Å². The van der Waals surface area contributed by atoms with E-state index in [0.29, 0.717) is 26.8 Å². The molecule has 1 N–H and O–H groups in total. The van der Waals surface area contributed by atoms with E-state index in [1.165, 1.54) is 45.9 Å². The van der Waals surface area contributed by atoms with Gasteiger partial charge in [-0.2, -0.15) is 0 Å². The Bertz CT molecular complexity index is 1700. The summed E-state index contributed by atoms with van der Waals surface area (Å²) in [5.41, 5.74) is 2.39. The minimum absolute atomic E-state index is 0.341. The first-order valence-electron chi connectivity index (χ1n) is 12.4. The molecular formula is C29H21F2N3O4S2. The highest BCUT2D eigenvalue weighted by Gasteiger charge is 2.56. The molecule has 40 heavy (non-hydrogen) atoms. The Morgan fingerprint density at radius 3 is 2.15 bits per heavy atom. The molecule has 7 nitrogen and oxygen atoms in total. The Labute approximate surface area is 235 Å². The summed E-state index contributed by atoms with van der Waals surface area (Å²) in [6.45, 7) is 1.56. The van der Waals surface area contributed by atoms with Crippen LogP contribution in [0.1, 0.15) is 21.9 Å². The third-order valence-electron chi connectivity index (χ3n) is 7.00. The van der Waals surface area contributed by atoms with Gasteiger partial charge in [-0.05, 0) is 61.0 Å². The molecule has 6 rings (SSSR count). The van der Waals surface area contributed by atoms with E-state index in [4.69, 9.17) is 0 Å². The van der Waals surface area contributed by atoms with E-state index in [1.54, 1.807) is 24.3 Å². The molecular weight excluding hydrogens is 556 g/mol. The third kappa shape index (κ3) is 4.54. The molecule has 2 aliphatic heterocycles. The quantitative estimate of drug-likeness (QED) is 0.340. The van der Waals surface area contributed by atoms with Crippen LogP contribution in [0.5, 0.6) is 0 Å². The Hall–Kier alpha value is -4.09. The highest BCUT2D eigenvalue weighted by molar-refractivity contribution is 8.00. The second kappa shape index (κ2) is 10.1.